The molecule has 1 aromatic carbocycles. The lowest BCUT2D eigenvalue weighted by molar-refractivity contribution is -0.0489. The normalized spacial score (nSPS) is 14.5. The number of nitrogens with zero attached hydrogens (tertiary/aromatic N) is 5. The highest BCUT2D eigenvalue weighted by atomic mass is 19.3. The van der Waals surface area contributed by atoms with E-state index in [-0.39, 0.29) is 11.8 Å². The van der Waals surface area contributed by atoms with Gasteiger partial charge in [-0.05, 0) is 42.8 Å². The van der Waals surface area contributed by atoms with E-state index in [4.69, 9.17) is 0 Å². The fraction of sp³-hybridized carbons (Fsp3) is 0.318. The number of urea groups is 1. The third kappa shape index (κ3) is 4.35. The van der Waals surface area contributed by atoms with Crippen molar-refractivity contribution >= 4 is 29.2 Å². The van der Waals surface area contributed by atoms with Gasteiger partial charge in [0.25, 0.3) is 0 Å². The smallest absolute Gasteiger partial charge is 0.387 e. The van der Waals surface area contributed by atoms with Crippen molar-refractivity contribution in [2.24, 2.45) is 0 Å². The topological polar surface area (TPSA) is 63.5 Å². The minimum atomic E-state index is -2.91. The number of benzene rings is 1. The number of imidazole rings is 1. The van der Waals surface area contributed by atoms with Crippen LogP contribution in [-0.4, -0.2) is 57.1 Å². The summed E-state index contributed by atoms with van der Waals surface area (Å²) in [5.41, 5.74) is 2.81. The minimum Gasteiger partial charge on any atom is -0.432 e. The zero-order valence-electron chi connectivity index (χ0n) is 17.3. The van der Waals surface area contributed by atoms with Crippen molar-refractivity contribution in [3.8, 4) is 5.75 Å². The lowest BCUT2D eigenvalue weighted by Gasteiger charge is -2.15. The molecule has 3 heterocycles. The van der Waals surface area contributed by atoms with Crippen LogP contribution in [0.5, 0.6) is 5.75 Å². The maximum Gasteiger partial charge on any atom is 0.387 e. The van der Waals surface area contributed by atoms with E-state index in [0.717, 1.165) is 23.3 Å². The van der Waals surface area contributed by atoms with Gasteiger partial charge in [0.1, 0.15) is 11.3 Å². The molecule has 1 fully saturated rings. The summed E-state index contributed by atoms with van der Waals surface area (Å²) < 4.78 is 32.0. The second-order valence-electron chi connectivity index (χ2n) is 7.26. The Morgan fingerprint density at radius 3 is 2.68 bits per heavy atom. The molecule has 7 nitrogen and oxygen atoms in total. The van der Waals surface area contributed by atoms with Crippen molar-refractivity contribution in [3.63, 3.8) is 0 Å². The Kier molecular flexibility index (Phi) is 5.83. The lowest BCUT2D eigenvalue weighted by Crippen LogP contribution is -2.29. The summed E-state index contributed by atoms with van der Waals surface area (Å²) in [4.78, 5) is 24.4. The van der Waals surface area contributed by atoms with Crippen molar-refractivity contribution in [1.82, 2.24) is 24.3 Å². The first-order valence-corrected chi connectivity index (χ1v) is 10.0. The van der Waals surface area contributed by atoms with Gasteiger partial charge < -0.3 is 19.1 Å². The molecule has 162 valence electrons. The van der Waals surface area contributed by atoms with Gasteiger partial charge in [-0.15, -0.1) is 0 Å². The number of carbonyl (C=O) groups is 1. The zero-order chi connectivity index (χ0) is 22.0. The van der Waals surface area contributed by atoms with E-state index in [9.17, 15) is 13.6 Å². The fourth-order valence-corrected chi connectivity index (χ4v) is 3.63. The van der Waals surface area contributed by atoms with Crippen molar-refractivity contribution in [3.05, 3.63) is 53.6 Å². The highest BCUT2D eigenvalue weighted by molar-refractivity contribution is 5.85. The number of ether oxygens (including phenoxy) is 1. The molecule has 0 bridgehead atoms. The molecule has 0 saturated carbocycles. The van der Waals surface area contributed by atoms with E-state index in [1.807, 2.05) is 41.8 Å². The quantitative estimate of drug-likeness (QED) is 0.570. The highest BCUT2D eigenvalue weighted by Gasteiger charge is 2.25. The Bertz CT molecular complexity index is 1110. The van der Waals surface area contributed by atoms with Crippen LogP contribution in [0.15, 0.2) is 36.5 Å². The molecule has 2 aromatic heterocycles. The van der Waals surface area contributed by atoms with Crippen LogP contribution in [0.4, 0.5) is 13.6 Å². The molecule has 0 N–H and O–H groups in total. The first-order valence-electron chi connectivity index (χ1n) is 10.0. The van der Waals surface area contributed by atoms with Crippen LogP contribution in [0.2, 0.25) is 0 Å². The van der Waals surface area contributed by atoms with Crippen molar-refractivity contribution in [2.75, 3.05) is 20.1 Å². The number of amides is 2. The lowest BCUT2D eigenvalue weighted by atomic mass is 10.2. The number of carbonyl (C=O) groups excluding carboxylic acids is 1. The largest absolute Gasteiger partial charge is 0.432 e. The molecule has 3 aromatic rings. The van der Waals surface area contributed by atoms with Crippen LogP contribution in [0, 0.1) is 0 Å². The Balaban J connectivity index is 1.53. The molecule has 0 aliphatic carbocycles. The maximum absolute atomic E-state index is 12.7. The number of alkyl halides is 2. The molecule has 31 heavy (non-hydrogen) atoms. The van der Waals surface area contributed by atoms with Crippen molar-refractivity contribution in [2.45, 2.75) is 26.6 Å². The molecule has 9 heteroatoms. The Morgan fingerprint density at radius 2 is 2.03 bits per heavy atom. The van der Waals surface area contributed by atoms with Crippen LogP contribution < -0.4 is 4.74 Å². The molecule has 4 rings (SSSR count). The maximum atomic E-state index is 12.7. The number of likely N-dealkylation sites (N-methyl/N-ethyl adjacent to an activating group) is 1. The van der Waals surface area contributed by atoms with E-state index in [0.29, 0.717) is 31.0 Å². The summed E-state index contributed by atoms with van der Waals surface area (Å²) in [6.45, 7) is 1.59. The SMILES string of the molecule is CCn1c(/C=C/c2ccc(CN3CCN(C)C3=O)nc2)nc2c(OC(F)F)cccc21. The molecule has 0 spiro atoms. The third-order valence-electron chi connectivity index (χ3n) is 5.23. The van der Waals surface area contributed by atoms with Gasteiger partial charge >= 0.3 is 12.6 Å². The van der Waals surface area contributed by atoms with Gasteiger partial charge in [0.2, 0.25) is 0 Å². The summed E-state index contributed by atoms with van der Waals surface area (Å²) in [7, 11) is 1.79. The van der Waals surface area contributed by atoms with Crippen LogP contribution in [0.1, 0.15) is 24.0 Å². The van der Waals surface area contributed by atoms with Crippen LogP contribution in [0.3, 0.4) is 0 Å². The number of fused-ring (bicyclic) bond motifs is 1. The van der Waals surface area contributed by atoms with Crippen LogP contribution in [-0.2, 0) is 13.1 Å². The average molecular weight is 427 g/mol. The third-order valence-corrected chi connectivity index (χ3v) is 5.23. The number of rotatable bonds is 7. The molecular weight excluding hydrogens is 404 g/mol. The molecule has 0 radical (unpaired) electrons. The van der Waals surface area contributed by atoms with Crippen molar-refractivity contribution in [1.29, 1.82) is 0 Å². The number of halogens is 2. The predicted molar refractivity (Wildman–Crippen MR) is 114 cm³/mol. The molecule has 1 aliphatic rings. The molecule has 0 atom stereocenters. The van der Waals surface area contributed by atoms with E-state index in [2.05, 4.69) is 14.7 Å². The van der Waals surface area contributed by atoms with Gasteiger partial charge in [-0.1, -0.05) is 12.1 Å². The number of aromatic nitrogens is 3. The molecule has 1 aliphatic heterocycles. The van der Waals surface area contributed by atoms with Gasteiger partial charge in [0, 0.05) is 32.9 Å². The minimum absolute atomic E-state index is 0.0134. The van der Waals surface area contributed by atoms with Crippen molar-refractivity contribution < 1.29 is 18.3 Å². The molecule has 2 amide bonds. The van der Waals surface area contributed by atoms with E-state index in [1.165, 1.54) is 6.07 Å². The fourth-order valence-electron chi connectivity index (χ4n) is 3.63. The molecule has 0 unspecified atom stereocenters. The summed E-state index contributed by atoms with van der Waals surface area (Å²) >= 11 is 0. The van der Waals surface area contributed by atoms with Gasteiger partial charge in [-0.2, -0.15) is 8.78 Å². The summed E-state index contributed by atoms with van der Waals surface area (Å²) in [6, 6.07) is 8.82. The number of hydrogen-bond acceptors (Lipinski definition) is 4. The first kappa shape index (κ1) is 20.8. The summed E-state index contributed by atoms with van der Waals surface area (Å²) in [5, 5.41) is 0. The monoisotopic (exact) mass is 427 g/mol. The molecular formula is C22H23F2N5O2. The van der Waals surface area contributed by atoms with E-state index in [1.54, 1.807) is 29.1 Å². The number of hydrogen-bond donors (Lipinski definition) is 0. The van der Waals surface area contributed by atoms with Gasteiger partial charge in [0.15, 0.2) is 5.75 Å². The summed E-state index contributed by atoms with van der Waals surface area (Å²) in [6.07, 6.45) is 5.43. The standard InChI is InChI=1S/C22H23F2N5O2/c1-3-29-17-5-4-6-18(31-21(23)24)20(17)26-19(29)10-8-15-7-9-16(25-13-15)14-28-12-11-27(2)22(28)30/h4-10,13,21H,3,11-12,14H2,1-2H3/b10-8+. The van der Waals surface area contributed by atoms with E-state index < -0.39 is 6.61 Å². The predicted octanol–water partition coefficient (Wildman–Crippen LogP) is 4.09. The van der Waals surface area contributed by atoms with Gasteiger partial charge in [-0.3, -0.25) is 4.98 Å². The number of aryl methyl sites for hydroxylation is 1. The van der Waals surface area contributed by atoms with Crippen LogP contribution in [0.25, 0.3) is 23.2 Å². The average Bonchev–Trinajstić information content (AvgIpc) is 3.28. The number of pyridine rings is 1. The number of para-hydroxylation sites is 1. The van der Waals surface area contributed by atoms with E-state index >= 15 is 0 Å². The van der Waals surface area contributed by atoms with Crippen LogP contribution >= 0.6 is 0 Å². The summed E-state index contributed by atoms with van der Waals surface area (Å²) in [5.74, 6) is 0.695. The first-order chi connectivity index (χ1) is 15.0. The Labute approximate surface area is 178 Å². The molecule has 1 saturated heterocycles. The second kappa shape index (κ2) is 8.71. The zero-order valence-corrected chi connectivity index (χ0v) is 17.3. The Morgan fingerprint density at radius 1 is 1.19 bits per heavy atom. The Hall–Kier alpha value is -3.49. The van der Waals surface area contributed by atoms with Gasteiger partial charge in [-0.25, -0.2) is 9.78 Å². The highest BCUT2D eigenvalue weighted by Crippen LogP contribution is 2.28. The van der Waals surface area contributed by atoms with Gasteiger partial charge in [0.05, 0.1) is 17.8 Å². The second-order valence-corrected chi connectivity index (χ2v) is 7.26.